The van der Waals surface area contributed by atoms with Gasteiger partial charge < -0.3 is 9.73 Å². The van der Waals surface area contributed by atoms with Crippen molar-refractivity contribution in [3.8, 4) is 11.3 Å². The first-order chi connectivity index (χ1) is 12.5. The highest BCUT2D eigenvalue weighted by Crippen LogP contribution is 2.26. The van der Waals surface area contributed by atoms with Crippen LogP contribution in [0.3, 0.4) is 0 Å². The number of anilines is 1. The summed E-state index contributed by atoms with van der Waals surface area (Å²) in [6.45, 7) is 1.90. The van der Waals surface area contributed by atoms with Crippen LogP contribution in [-0.4, -0.2) is 31.8 Å². The molecule has 0 bridgehead atoms. The summed E-state index contributed by atoms with van der Waals surface area (Å²) >= 11 is 2.43. The quantitative estimate of drug-likeness (QED) is 0.369. The van der Waals surface area contributed by atoms with Gasteiger partial charge >= 0.3 is 0 Å². The molecule has 0 saturated heterocycles. The lowest BCUT2D eigenvalue weighted by Gasteiger charge is -1.99. The summed E-state index contributed by atoms with van der Waals surface area (Å²) in [6, 6.07) is 6.07. The minimum Gasteiger partial charge on any atom is -0.416 e. The molecule has 0 aliphatic heterocycles. The molecule has 3 aromatic rings. The number of hydrogen-bond donors (Lipinski definition) is 1. The average molecular weight is 391 g/mol. The number of benzene rings is 1. The topological polar surface area (TPSA) is 124 Å². The smallest absolute Gasteiger partial charge is 0.277 e. The molecule has 0 atom stereocenters. The monoisotopic (exact) mass is 391 g/mol. The first-order valence-electron chi connectivity index (χ1n) is 7.50. The van der Waals surface area contributed by atoms with Crippen molar-refractivity contribution in [3.05, 3.63) is 45.7 Å². The van der Waals surface area contributed by atoms with Crippen LogP contribution in [0.15, 0.2) is 39.3 Å². The van der Waals surface area contributed by atoms with Gasteiger partial charge in [0, 0.05) is 29.5 Å². The molecule has 1 amide bonds. The van der Waals surface area contributed by atoms with E-state index in [2.05, 4.69) is 20.5 Å². The second-order valence-electron chi connectivity index (χ2n) is 4.99. The van der Waals surface area contributed by atoms with Crippen molar-refractivity contribution in [2.75, 3.05) is 11.1 Å². The van der Waals surface area contributed by atoms with Crippen LogP contribution in [0.5, 0.6) is 0 Å². The molecule has 0 aliphatic rings. The van der Waals surface area contributed by atoms with Gasteiger partial charge in [0.25, 0.3) is 10.9 Å². The van der Waals surface area contributed by atoms with Crippen LogP contribution in [0.1, 0.15) is 12.8 Å². The van der Waals surface area contributed by atoms with E-state index >= 15 is 0 Å². The van der Waals surface area contributed by atoms with E-state index in [-0.39, 0.29) is 17.3 Å². The number of carbonyl (C=O) groups excluding carboxylic acids is 1. The zero-order valence-corrected chi connectivity index (χ0v) is 15.2. The Bertz CT molecular complexity index is 922. The average Bonchev–Trinajstić information content (AvgIpc) is 3.29. The Morgan fingerprint density at radius 2 is 2.12 bits per heavy atom. The minimum absolute atomic E-state index is 0.0155. The van der Waals surface area contributed by atoms with Crippen molar-refractivity contribution >= 4 is 39.8 Å². The van der Waals surface area contributed by atoms with Crippen LogP contribution in [0.25, 0.3) is 11.3 Å². The van der Waals surface area contributed by atoms with E-state index < -0.39 is 4.92 Å². The van der Waals surface area contributed by atoms with E-state index in [4.69, 9.17) is 4.42 Å². The zero-order chi connectivity index (χ0) is 18.5. The van der Waals surface area contributed by atoms with Crippen LogP contribution in [0.2, 0.25) is 0 Å². The van der Waals surface area contributed by atoms with Crippen LogP contribution in [-0.2, 0) is 11.2 Å². The molecule has 1 aromatic carbocycles. The Morgan fingerprint density at radius 3 is 2.77 bits per heavy atom. The highest BCUT2D eigenvalue weighted by Gasteiger charge is 2.12. The maximum Gasteiger partial charge on any atom is 0.277 e. The summed E-state index contributed by atoms with van der Waals surface area (Å²) in [7, 11) is 0. The Labute approximate surface area is 156 Å². The third-order valence-corrected chi connectivity index (χ3v) is 4.78. The molecule has 0 spiro atoms. The molecular weight excluding hydrogens is 378 g/mol. The fourth-order valence-electron chi connectivity index (χ4n) is 1.94. The maximum atomic E-state index is 12.0. The van der Waals surface area contributed by atoms with Crippen LogP contribution < -0.4 is 5.32 Å². The predicted molar refractivity (Wildman–Crippen MR) is 97.2 cm³/mol. The van der Waals surface area contributed by atoms with Gasteiger partial charge in [-0.1, -0.05) is 18.7 Å². The predicted octanol–water partition coefficient (Wildman–Crippen LogP) is 3.39. The van der Waals surface area contributed by atoms with Gasteiger partial charge in [0.1, 0.15) is 0 Å². The van der Waals surface area contributed by atoms with Crippen molar-refractivity contribution in [1.82, 2.24) is 15.2 Å². The highest BCUT2D eigenvalue weighted by atomic mass is 32.2. The largest absolute Gasteiger partial charge is 0.416 e. The Kier molecular flexibility index (Phi) is 5.58. The van der Waals surface area contributed by atoms with Gasteiger partial charge in [0.05, 0.1) is 16.4 Å². The van der Waals surface area contributed by atoms with E-state index in [1.165, 1.54) is 23.5 Å². The number of rotatable bonds is 7. The number of nitro groups is 1. The number of nitro benzene ring substituents is 1. The number of hydrogen-bond acceptors (Lipinski definition) is 9. The highest BCUT2D eigenvalue weighted by molar-refractivity contribution is 7.99. The first-order valence-corrected chi connectivity index (χ1v) is 9.37. The molecular formula is C15H13N5O4S2. The number of thiazole rings is 1. The van der Waals surface area contributed by atoms with Crippen molar-refractivity contribution in [2.24, 2.45) is 0 Å². The Hall–Kier alpha value is -2.79. The Balaban J connectivity index is 1.57. The summed E-state index contributed by atoms with van der Waals surface area (Å²) in [6.07, 6.45) is 0.643. The summed E-state index contributed by atoms with van der Waals surface area (Å²) < 4.78 is 5.32. The van der Waals surface area contributed by atoms with E-state index in [0.29, 0.717) is 28.4 Å². The van der Waals surface area contributed by atoms with Gasteiger partial charge in [0.15, 0.2) is 5.13 Å². The Morgan fingerprint density at radius 1 is 1.35 bits per heavy atom. The van der Waals surface area contributed by atoms with E-state index in [9.17, 15) is 14.9 Å². The van der Waals surface area contributed by atoms with Gasteiger partial charge in [-0.05, 0) is 12.1 Å². The molecule has 2 aromatic heterocycles. The fraction of sp³-hybridized carbons (Fsp3) is 0.200. The van der Waals surface area contributed by atoms with Crippen molar-refractivity contribution in [1.29, 1.82) is 0 Å². The molecule has 0 aliphatic carbocycles. The number of non-ortho nitro benzene ring substituents is 1. The molecule has 0 radical (unpaired) electrons. The summed E-state index contributed by atoms with van der Waals surface area (Å²) in [5.74, 6) is 0.411. The number of thioether (sulfide) groups is 1. The van der Waals surface area contributed by atoms with E-state index in [1.807, 2.05) is 6.92 Å². The SMILES string of the molecule is CCc1nnc(SCC(=O)Nc2nc(-c3ccc([N+](=O)[O-])cc3)cs2)o1. The second-order valence-corrected chi connectivity index (χ2v) is 6.78. The molecule has 11 heteroatoms. The van der Waals surface area contributed by atoms with E-state index in [0.717, 1.165) is 17.3 Å². The number of nitrogens with zero attached hydrogens (tertiary/aromatic N) is 4. The van der Waals surface area contributed by atoms with Gasteiger partial charge in [-0.25, -0.2) is 4.98 Å². The summed E-state index contributed by atoms with van der Waals surface area (Å²) in [5, 5.41) is 23.6. The lowest BCUT2D eigenvalue weighted by molar-refractivity contribution is -0.384. The fourth-order valence-corrected chi connectivity index (χ4v) is 3.26. The standard InChI is InChI=1S/C15H13N5O4S2/c1-2-13-18-19-15(24-13)26-8-12(21)17-14-16-11(7-25-14)9-3-5-10(6-4-9)20(22)23/h3-7H,2,8H2,1H3,(H,16,17,21). The van der Waals surface area contributed by atoms with Crippen molar-refractivity contribution in [3.63, 3.8) is 0 Å². The van der Waals surface area contributed by atoms with Gasteiger partial charge in [0.2, 0.25) is 11.8 Å². The summed E-state index contributed by atoms with van der Waals surface area (Å²) in [4.78, 5) is 26.5. The first kappa shape index (κ1) is 18.0. The molecule has 0 fully saturated rings. The molecule has 1 N–H and O–H groups in total. The molecule has 9 nitrogen and oxygen atoms in total. The third-order valence-electron chi connectivity index (χ3n) is 3.20. The van der Waals surface area contributed by atoms with Crippen molar-refractivity contribution in [2.45, 2.75) is 18.6 Å². The lowest BCUT2D eigenvalue weighted by atomic mass is 10.1. The number of nitrogens with one attached hydrogen (secondary N) is 1. The third kappa shape index (κ3) is 4.43. The van der Waals surface area contributed by atoms with E-state index in [1.54, 1.807) is 17.5 Å². The number of carbonyl (C=O) groups is 1. The number of aromatic nitrogens is 3. The minimum atomic E-state index is -0.457. The molecule has 3 rings (SSSR count). The maximum absolute atomic E-state index is 12.0. The van der Waals surface area contributed by atoms with Gasteiger partial charge in [-0.15, -0.1) is 21.5 Å². The molecule has 2 heterocycles. The zero-order valence-electron chi connectivity index (χ0n) is 13.5. The second kappa shape index (κ2) is 8.06. The van der Waals surface area contributed by atoms with Gasteiger partial charge in [-0.3, -0.25) is 14.9 Å². The van der Waals surface area contributed by atoms with Crippen LogP contribution in [0.4, 0.5) is 10.8 Å². The lowest BCUT2D eigenvalue weighted by Crippen LogP contribution is -2.13. The van der Waals surface area contributed by atoms with Crippen LogP contribution >= 0.6 is 23.1 Å². The van der Waals surface area contributed by atoms with Gasteiger partial charge in [-0.2, -0.15) is 0 Å². The molecule has 26 heavy (non-hydrogen) atoms. The normalized spacial score (nSPS) is 10.7. The molecule has 134 valence electrons. The molecule has 0 unspecified atom stereocenters. The number of aryl methyl sites for hydroxylation is 1. The van der Waals surface area contributed by atoms with Crippen LogP contribution in [0, 0.1) is 10.1 Å². The molecule has 0 saturated carbocycles. The summed E-state index contributed by atoms with van der Waals surface area (Å²) in [5.41, 5.74) is 1.39. The number of amides is 1. The van der Waals surface area contributed by atoms with Crippen molar-refractivity contribution < 1.29 is 14.1 Å².